The van der Waals surface area contributed by atoms with Crippen molar-refractivity contribution in [2.75, 3.05) is 0 Å². The van der Waals surface area contributed by atoms with Crippen molar-refractivity contribution in [2.45, 2.75) is 33.6 Å². The molecular formula is C20H21. The summed E-state index contributed by atoms with van der Waals surface area (Å²) in [5, 5.41) is 0. The van der Waals surface area contributed by atoms with Gasteiger partial charge in [0.1, 0.15) is 0 Å². The van der Waals surface area contributed by atoms with E-state index in [2.05, 4.69) is 69.7 Å². The molecule has 1 aliphatic carbocycles. The minimum Gasteiger partial charge on any atom is -0.0651 e. The van der Waals surface area contributed by atoms with Crippen molar-refractivity contribution >= 4 is 11.1 Å². The molecule has 0 heterocycles. The predicted octanol–water partition coefficient (Wildman–Crippen LogP) is 5.44. The highest BCUT2D eigenvalue weighted by Crippen LogP contribution is 2.42. The fourth-order valence-electron chi connectivity index (χ4n) is 3.27. The van der Waals surface area contributed by atoms with Crippen LogP contribution >= 0.6 is 0 Å². The topological polar surface area (TPSA) is 0 Å². The highest BCUT2D eigenvalue weighted by atomic mass is 14.3. The van der Waals surface area contributed by atoms with E-state index in [1.807, 2.05) is 0 Å². The Morgan fingerprint density at radius 2 is 1.70 bits per heavy atom. The lowest BCUT2D eigenvalue weighted by Gasteiger charge is -2.11. The molecule has 0 unspecified atom stereocenters. The summed E-state index contributed by atoms with van der Waals surface area (Å²) in [5.41, 5.74) is 9.85. The summed E-state index contributed by atoms with van der Waals surface area (Å²) in [6.45, 7) is 6.71. The van der Waals surface area contributed by atoms with E-state index in [0.717, 1.165) is 6.42 Å². The summed E-state index contributed by atoms with van der Waals surface area (Å²) in [6, 6.07) is 15.4. The molecule has 0 heteroatoms. The molecule has 0 fully saturated rings. The molecule has 0 atom stereocenters. The lowest BCUT2D eigenvalue weighted by Crippen LogP contribution is -1.93. The second-order valence-electron chi connectivity index (χ2n) is 5.63. The Morgan fingerprint density at radius 3 is 2.45 bits per heavy atom. The zero-order chi connectivity index (χ0) is 14.1. The van der Waals surface area contributed by atoms with Crippen LogP contribution < -0.4 is 0 Å². The van der Waals surface area contributed by atoms with Gasteiger partial charge in [-0.05, 0) is 59.2 Å². The molecule has 0 nitrogen and oxygen atoms in total. The molecule has 0 spiro atoms. The fraction of sp³-hybridized carbons (Fsp3) is 0.250. The summed E-state index contributed by atoms with van der Waals surface area (Å²) >= 11 is 0. The molecule has 0 saturated carbocycles. The SMILES string of the molecule is CCCc1ccccc1C1=C(C)c2c(C)cccc2[CH]1. The van der Waals surface area contributed by atoms with Gasteiger partial charge >= 0.3 is 0 Å². The maximum atomic E-state index is 2.35. The number of rotatable bonds is 3. The quantitative estimate of drug-likeness (QED) is 0.689. The molecule has 2 aromatic carbocycles. The molecule has 0 amide bonds. The van der Waals surface area contributed by atoms with E-state index in [1.54, 1.807) is 0 Å². The first-order chi connectivity index (χ1) is 9.72. The maximum absolute atomic E-state index is 2.35. The van der Waals surface area contributed by atoms with Gasteiger partial charge in [-0.25, -0.2) is 0 Å². The number of aryl methyl sites for hydroxylation is 2. The van der Waals surface area contributed by atoms with Crippen molar-refractivity contribution in [3.8, 4) is 0 Å². The summed E-state index contributed by atoms with van der Waals surface area (Å²) in [5.74, 6) is 0. The molecular weight excluding hydrogens is 240 g/mol. The van der Waals surface area contributed by atoms with Gasteiger partial charge in [0.25, 0.3) is 0 Å². The van der Waals surface area contributed by atoms with Crippen molar-refractivity contribution in [3.05, 3.63) is 76.7 Å². The van der Waals surface area contributed by atoms with Gasteiger partial charge in [0.05, 0.1) is 0 Å². The lowest BCUT2D eigenvalue weighted by atomic mass is 9.94. The maximum Gasteiger partial charge on any atom is 0.0214 e. The fourth-order valence-corrected chi connectivity index (χ4v) is 3.27. The van der Waals surface area contributed by atoms with Crippen molar-refractivity contribution in [2.24, 2.45) is 0 Å². The first-order valence-corrected chi connectivity index (χ1v) is 7.46. The largest absolute Gasteiger partial charge is 0.0651 e. The standard InChI is InChI=1S/C20H21/c1-4-8-16-10-5-6-12-18(16)19-13-17-11-7-9-14(2)20(17)15(19)3/h5-7,9-13H,4,8H2,1-3H3. The van der Waals surface area contributed by atoms with Crippen molar-refractivity contribution in [1.29, 1.82) is 0 Å². The molecule has 20 heavy (non-hydrogen) atoms. The van der Waals surface area contributed by atoms with Crippen LogP contribution in [0.4, 0.5) is 0 Å². The molecule has 1 radical (unpaired) electrons. The number of benzene rings is 2. The van der Waals surface area contributed by atoms with Crippen LogP contribution in [0.1, 0.15) is 48.1 Å². The van der Waals surface area contributed by atoms with Crippen LogP contribution in [0.15, 0.2) is 42.5 Å². The molecule has 2 aromatic rings. The third-order valence-corrected chi connectivity index (χ3v) is 4.21. The molecule has 0 saturated heterocycles. The third kappa shape index (κ3) is 2.10. The van der Waals surface area contributed by atoms with Gasteiger partial charge in [-0.2, -0.15) is 0 Å². The number of hydrogen-bond acceptors (Lipinski definition) is 0. The molecule has 3 rings (SSSR count). The predicted molar refractivity (Wildman–Crippen MR) is 87.5 cm³/mol. The lowest BCUT2D eigenvalue weighted by molar-refractivity contribution is 0.918. The van der Waals surface area contributed by atoms with Gasteiger partial charge in [-0.3, -0.25) is 0 Å². The van der Waals surface area contributed by atoms with E-state index in [4.69, 9.17) is 0 Å². The van der Waals surface area contributed by atoms with Gasteiger partial charge < -0.3 is 0 Å². The highest BCUT2D eigenvalue weighted by Gasteiger charge is 2.22. The van der Waals surface area contributed by atoms with E-state index in [0.29, 0.717) is 0 Å². The molecule has 0 aromatic heterocycles. The zero-order valence-corrected chi connectivity index (χ0v) is 12.5. The van der Waals surface area contributed by atoms with Crippen LogP contribution in [0.25, 0.3) is 11.1 Å². The smallest absolute Gasteiger partial charge is 0.0214 e. The molecule has 1 aliphatic rings. The summed E-state index contributed by atoms with van der Waals surface area (Å²) in [6.07, 6.45) is 4.69. The number of fused-ring (bicyclic) bond motifs is 1. The zero-order valence-electron chi connectivity index (χ0n) is 12.5. The Balaban J connectivity index is 2.12. The second kappa shape index (κ2) is 5.28. The van der Waals surface area contributed by atoms with Crippen LogP contribution in [0.3, 0.4) is 0 Å². The van der Waals surface area contributed by atoms with Crippen LogP contribution in [-0.4, -0.2) is 0 Å². The minimum atomic E-state index is 1.15. The minimum absolute atomic E-state index is 1.15. The van der Waals surface area contributed by atoms with Gasteiger partial charge in [0.2, 0.25) is 0 Å². The van der Waals surface area contributed by atoms with Crippen LogP contribution in [0, 0.1) is 13.3 Å². The van der Waals surface area contributed by atoms with E-state index in [1.165, 1.54) is 45.4 Å². The Kier molecular flexibility index (Phi) is 3.48. The Bertz CT molecular complexity index is 674. The number of allylic oxidation sites excluding steroid dienone is 2. The summed E-state index contributed by atoms with van der Waals surface area (Å²) < 4.78 is 0. The summed E-state index contributed by atoms with van der Waals surface area (Å²) in [7, 11) is 0. The Hall–Kier alpha value is -1.82. The van der Waals surface area contributed by atoms with E-state index in [-0.39, 0.29) is 0 Å². The van der Waals surface area contributed by atoms with Crippen LogP contribution in [0.2, 0.25) is 0 Å². The average molecular weight is 261 g/mol. The normalized spacial score (nSPS) is 13.8. The first-order valence-electron chi connectivity index (χ1n) is 7.46. The summed E-state index contributed by atoms with van der Waals surface area (Å²) in [4.78, 5) is 0. The van der Waals surface area contributed by atoms with Crippen molar-refractivity contribution < 1.29 is 0 Å². The molecule has 0 N–H and O–H groups in total. The molecule has 101 valence electrons. The van der Waals surface area contributed by atoms with Gasteiger partial charge in [-0.1, -0.05) is 55.8 Å². The van der Waals surface area contributed by atoms with E-state index < -0.39 is 0 Å². The van der Waals surface area contributed by atoms with Gasteiger partial charge in [0, 0.05) is 6.42 Å². The van der Waals surface area contributed by atoms with E-state index >= 15 is 0 Å². The van der Waals surface area contributed by atoms with Crippen molar-refractivity contribution in [1.82, 2.24) is 0 Å². The number of hydrogen-bond donors (Lipinski definition) is 0. The molecule has 0 aliphatic heterocycles. The van der Waals surface area contributed by atoms with Crippen LogP contribution in [0.5, 0.6) is 0 Å². The van der Waals surface area contributed by atoms with Gasteiger partial charge in [-0.15, -0.1) is 0 Å². The van der Waals surface area contributed by atoms with E-state index in [9.17, 15) is 0 Å². The van der Waals surface area contributed by atoms with Crippen LogP contribution in [-0.2, 0) is 6.42 Å². The second-order valence-corrected chi connectivity index (χ2v) is 5.63. The Morgan fingerprint density at radius 1 is 0.900 bits per heavy atom. The average Bonchev–Trinajstić information content (AvgIpc) is 2.78. The Labute approximate surface area is 122 Å². The monoisotopic (exact) mass is 261 g/mol. The third-order valence-electron chi connectivity index (χ3n) is 4.21. The first kappa shape index (κ1) is 13.2. The molecule has 0 bridgehead atoms. The van der Waals surface area contributed by atoms with Gasteiger partial charge in [0.15, 0.2) is 0 Å². The van der Waals surface area contributed by atoms with Crippen molar-refractivity contribution in [3.63, 3.8) is 0 Å². The highest BCUT2D eigenvalue weighted by molar-refractivity contribution is 6.02.